The fourth-order valence-electron chi connectivity index (χ4n) is 4.32. The number of hydrogen-bond acceptors (Lipinski definition) is 10. The Morgan fingerprint density at radius 1 is 1.13 bits per heavy atom. The van der Waals surface area contributed by atoms with Crippen LogP contribution in [0.1, 0.15) is 42.6 Å². The molecule has 1 aromatic carbocycles. The summed E-state index contributed by atoms with van der Waals surface area (Å²) in [5.74, 6) is 0.673. The third kappa shape index (κ3) is 5.45. The number of aryl methyl sites for hydroxylation is 2. The quantitative estimate of drug-likeness (QED) is 0.246. The van der Waals surface area contributed by atoms with Crippen LogP contribution in [0.15, 0.2) is 78.2 Å². The van der Waals surface area contributed by atoms with Crippen LogP contribution < -0.4 is 19.6 Å². The highest BCUT2D eigenvalue weighted by Gasteiger charge is 2.33. The molecule has 4 heterocycles. The molecule has 0 spiro atoms. The number of rotatable bonds is 7. The molecule has 0 N–H and O–H groups in total. The number of carbonyl (C=O) groups excluding carboxylic acids is 1. The van der Waals surface area contributed by atoms with Gasteiger partial charge in [0, 0.05) is 17.5 Å². The first-order valence-electron chi connectivity index (χ1n) is 12.2. The maximum atomic E-state index is 13.7. The van der Waals surface area contributed by atoms with Crippen molar-refractivity contribution in [1.82, 2.24) is 14.5 Å². The fourth-order valence-corrected chi connectivity index (χ4v) is 6.18. The van der Waals surface area contributed by atoms with Gasteiger partial charge in [-0.2, -0.15) is 0 Å². The minimum absolute atomic E-state index is 0.210. The Bertz CT molecular complexity index is 1750. The van der Waals surface area contributed by atoms with Crippen LogP contribution in [0.4, 0.5) is 0 Å². The van der Waals surface area contributed by atoms with Crippen molar-refractivity contribution in [3.8, 4) is 5.75 Å². The number of benzene rings is 1. The van der Waals surface area contributed by atoms with E-state index in [9.17, 15) is 9.59 Å². The van der Waals surface area contributed by atoms with Crippen LogP contribution in [0.3, 0.4) is 0 Å². The van der Waals surface area contributed by atoms with Crippen LogP contribution >= 0.6 is 23.1 Å². The Morgan fingerprint density at radius 2 is 1.85 bits per heavy atom. The molecule has 0 fully saturated rings. The molecule has 0 aliphatic carbocycles. The molecule has 0 saturated heterocycles. The van der Waals surface area contributed by atoms with Gasteiger partial charge in [0.05, 0.1) is 35.6 Å². The SMILES string of the molecule is CCOC(=O)C1=C(C)N=c2s/c(=C/c3ccc(Sc4nc(C)cc(C)n4)o3)c(=O)n2[C@@H]1c1ccc(OC)cc1. The van der Waals surface area contributed by atoms with Gasteiger partial charge in [-0.05, 0) is 75.4 Å². The molecule has 200 valence electrons. The van der Waals surface area contributed by atoms with Crippen molar-refractivity contribution in [2.45, 2.75) is 44.0 Å². The van der Waals surface area contributed by atoms with Gasteiger partial charge in [-0.25, -0.2) is 19.8 Å². The van der Waals surface area contributed by atoms with Crippen LogP contribution in [0.25, 0.3) is 6.08 Å². The van der Waals surface area contributed by atoms with E-state index in [1.54, 1.807) is 49.8 Å². The van der Waals surface area contributed by atoms with Crippen molar-refractivity contribution in [3.05, 3.63) is 96.1 Å². The second-order valence-electron chi connectivity index (χ2n) is 8.77. The van der Waals surface area contributed by atoms with E-state index in [0.29, 0.717) is 42.4 Å². The number of hydrogen-bond donors (Lipinski definition) is 0. The molecule has 0 amide bonds. The molecule has 0 bridgehead atoms. The van der Waals surface area contributed by atoms with Crippen LogP contribution in [-0.2, 0) is 9.53 Å². The highest BCUT2D eigenvalue weighted by Crippen LogP contribution is 2.32. The van der Waals surface area contributed by atoms with E-state index in [1.807, 2.05) is 38.1 Å². The average Bonchev–Trinajstić information content (AvgIpc) is 3.46. The van der Waals surface area contributed by atoms with Gasteiger partial charge in [0.25, 0.3) is 5.56 Å². The maximum Gasteiger partial charge on any atom is 0.338 e. The number of allylic oxidation sites excluding steroid dienone is 1. The first kappa shape index (κ1) is 26.6. The Kier molecular flexibility index (Phi) is 7.53. The van der Waals surface area contributed by atoms with E-state index >= 15 is 0 Å². The molecule has 39 heavy (non-hydrogen) atoms. The van der Waals surface area contributed by atoms with Crippen molar-refractivity contribution < 1.29 is 18.7 Å². The van der Waals surface area contributed by atoms with E-state index in [0.717, 1.165) is 17.0 Å². The predicted molar refractivity (Wildman–Crippen MR) is 148 cm³/mol. The summed E-state index contributed by atoms with van der Waals surface area (Å²) in [5.41, 5.74) is 3.05. The Morgan fingerprint density at radius 3 is 2.51 bits per heavy atom. The minimum atomic E-state index is -0.696. The third-order valence-electron chi connectivity index (χ3n) is 5.98. The lowest BCUT2D eigenvalue weighted by Crippen LogP contribution is -2.39. The number of ether oxygens (including phenoxy) is 2. The molecule has 1 aliphatic heterocycles. The molecule has 3 aromatic heterocycles. The van der Waals surface area contributed by atoms with Gasteiger partial charge in [0.1, 0.15) is 11.5 Å². The largest absolute Gasteiger partial charge is 0.497 e. The number of esters is 1. The van der Waals surface area contributed by atoms with Gasteiger partial charge in [-0.1, -0.05) is 23.5 Å². The first-order chi connectivity index (χ1) is 18.8. The summed E-state index contributed by atoms with van der Waals surface area (Å²) >= 11 is 2.55. The number of nitrogens with zero attached hydrogens (tertiary/aromatic N) is 4. The standard InChI is InChI=1S/C28H26N4O5S2/c1-6-36-26(34)23-17(4)31-28-32(24(23)18-7-9-19(35-5)10-8-18)25(33)21(38-28)14-20-11-12-22(37-20)39-27-29-15(2)13-16(3)30-27/h7-14,24H,6H2,1-5H3/b21-14+/t24-/m1/s1. The van der Waals surface area contributed by atoms with Crippen molar-refractivity contribution in [3.63, 3.8) is 0 Å². The van der Waals surface area contributed by atoms with Gasteiger partial charge < -0.3 is 13.9 Å². The van der Waals surface area contributed by atoms with Gasteiger partial charge in [-0.15, -0.1) is 0 Å². The molecule has 5 rings (SSSR count). The molecule has 9 nitrogen and oxygen atoms in total. The summed E-state index contributed by atoms with van der Waals surface area (Å²) in [7, 11) is 1.58. The van der Waals surface area contributed by atoms with E-state index in [-0.39, 0.29) is 12.2 Å². The van der Waals surface area contributed by atoms with Gasteiger partial charge >= 0.3 is 5.97 Å². The molecule has 1 aliphatic rings. The summed E-state index contributed by atoms with van der Waals surface area (Å²) in [6.45, 7) is 7.54. The normalized spacial score (nSPS) is 15.2. The van der Waals surface area contributed by atoms with E-state index in [1.165, 1.54) is 23.1 Å². The number of furan rings is 1. The number of carbonyl (C=O) groups is 1. The Hall–Kier alpha value is -3.96. The zero-order chi connectivity index (χ0) is 27.7. The molecular formula is C28H26N4O5S2. The lowest BCUT2D eigenvalue weighted by atomic mass is 9.96. The Balaban J connectivity index is 1.56. The Labute approximate surface area is 232 Å². The lowest BCUT2D eigenvalue weighted by molar-refractivity contribution is -0.139. The maximum absolute atomic E-state index is 13.7. The summed E-state index contributed by atoms with van der Waals surface area (Å²) in [5, 5.41) is 1.20. The zero-order valence-corrected chi connectivity index (χ0v) is 23.7. The number of thiazole rings is 1. The highest BCUT2D eigenvalue weighted by molar-refractivity contribution is 7.99. The van der Waals surface area contributed by atoms with Gasteiger partial charge in [-0.3, -0.25) is 9.36 Å². The molecule has 1 atom stereocenters. The third-order valence-corrected chi connectivity index (χ3v) is 7.75. The van der Waals surface area contributed by atoms with Crippen molar-refractivity contribution >= 4 is 35.1 Å². The summed E-state index contributed by atoms with van der Waals surface area (Å²) in [6.07, 6.45) is 1.69. The smallest absolute Gasteiger partial charge is 0.338 e. The second-order valence-corrected chi connectivity index (χ2v) is 10.7. The van der Waals surface area contributed by atoms with Gasteiger partial charge in [0.2, 0.25) is 0 Å². The van der Waals surface area contributed by atoms with Crippen molar-refractivity contribution in [2.24, 2.45) is 4.99 Å². The average molecular weight is 563 g/mol. The molecular weight excluding hydrogens is 536 g/mol. The molecule has 4 aromatic rings. The lowest BCUT2D eigenvalue weighted by Gasteiger charge is -2.24. The fraction of sp³-hybridized carbons (Fsp3) is 0.250. The monoisotopic (exact) mass is 562 g/mol. The number of methoxy groups -OCH3 is 1. The van der Waals surface area contributed by atoms with E-state index in [4.69, 9.17) is 13.9 Å². The summed E-state index contributed by atoms with van der Waals surface area (Å²) in [6, 6.07) is 12.1. The van der Waals surface area contributed by atoms with Crippen LogP contribution in [-0.4, -0.2) is 34.2 Å². The van der Waals surface area contributed by atoms with Crippen LogP contribution in [0.5, 0.6) is 5.75 Å². The predicted octanol–water partition coefficient (Wildman–Crippen LogP) is 3.96. The zero-order valence-electron chi connectivity index (χ0n) is 22.0. The van der Waals surface area contributed by atoms with E-state index < -0.39 is 12.0 Å². The topological polar surface area (TPSA) is 109 Å². The van der Waals surface area contributed by atoms with Crippen molar-refractivity contribution in [1.29, 1.82) is 0 Å². The molecule has 0 saturated carbocycles. The summed E-state index contributed by atoms with van der Waals surface area (Å²) < 4.78 is 18.6. The van der Waals surface area contributed by atoms with Gasteiger partial charge in [0.15, 0.2) is 15.1 Å². The molecule has 0 radical (unpaired) electrons. The number of aromatic nitrogens is 3. The van der Waals surface area contributed by atoms with Crippen LogP contribution in [0.2, 0.25) is 0 Å². The number of fused-ring (bicyclic) bond motifs is 1. The van der Waals surface area contributed by atoms with Crippen LogP contribution in [0, 0.1) is 13.8 Å². The minimum Gasteiger partial charge on any atom is -0.497 e. The highest BCUT2D eigenvalue weighted by atomic mass is 32.2. The molecule has 11 heteroatoms. The van der Waals surface area contributed by atoms with E-state index in [2.05, 4.69) is 15.0 Å². The second kappa shape index (κ2) is 11.0. The summed E-state index contributed by atoms with van der Waals surface area (Å²) in [4.78, 5) is 40.7. The first-order valence-corrected chi connectivity index (χ1v) is 13.8. The molecule has 0 unspecified atom stereocenters. The van der Waals surface area contributed by atoms with Crippen molar-refractivity contribution in [2.75, 3.05) is 13.7 Å².